The zero-order valence-corrected chi connectivity index (χ0v) is 21.9. The summed E-state index contributed by atoms with van der Waals surface area (Å²) in [5.74, 6) is -0.570. The first kappa shape index (κ1) is 27.7. The molecule has 33 heavy (non-hydrogen) atoms. The molecule has 2 rings (SSSR count). The van der Waals surface area contributed by atoms with Gasteiger partial charge in [-0.05, 0) is 37.5 Å². The Bertz CT molecular complexity index is 944. The van der Waals surface area contributed by atoms with E-state index in [1.807, 2.05) is 20.8 Å². The van der Waals surface area contributed by atoms with Crippen molar-refractivity contribution in [1.82, 2.24) is 19.8 Å². The van der Waals surface area contributed by atoms with E-state index in [1.165, 1.54) is 18.2 Å². The Morgan fingerprint density at radius 1 is 1.21 bits per heavy atom. The smallest absolute Gasteiger partial charge is 0.317 e. The second-order valence-corrected chi connectivity index (χ2v) is 11.0. The second kappa shape index (κ2) is 12.2. The van der Waals surface area contributed by atoms with E-state index in [2.05, 4.69) is 17.0 Å². The van der Waals surface area contributed by atoms with Gasteiger partial charge in [-0.1, -0.05) is 56.8 Å². The molecule has 1 heterocycles. The maximum atomic E-state index is 13.4. The molecule has 1 aliphatic rings. The minimum atomic E-state index is -4.09. The summed E-state index contributed by atoms with van der Waals surface area (Å²) in [7, 11) is -4.09. The SMILES string of the molecule is CCCCNC(=O)N1CCN(C(=O)C(NS(=O)(=O)c2cc(Cl)ccc2Cl)C(C)CC)CC1C. The van der Waals surface area contributed by atoms with Gasteiger partial charge in [0.05, 0.1) is 5.02 Å². The van der Waals surface area contributed by atoms with Crippen LogP contribution in [-0.4, -0.2) is 68.4 Å². The number of rotatable bonds is 9. The summed E-state index contributed by atoms with van der Waals surface area (Å²) in [6, 6.07) is 2.87. The normalized spacial score (nSPS) is 18.7. The molecule has 1 aromatic rings. The highest BCUT2D eigenvalue weighted by Crippen LogP contribution is 2.26. The number of nitrogens with zero attached hydrogens (tertiary/aromatic N) is 2. The van der Waals surface area contributed by atoms with Crippen molar-refractivity contribution in [3.05, 3.63) is 28.2 Å². The molecule has 0 aromatic heterocycles. The van der Waals surface area contributed by atoms with E-state index in [9.17, 15) is 18.0 Å². The molecule has 1 fully saturated rings. The third-order valence-electron chi connectivity index (χ3n) is 5.95. The van der Waals surface area contributed by atoms with Gasteiger partial charge in [0.1, 0.15) is 10.9 Å². The number of urea groups is 1. The molecule has 0 saturated carbocycles. The summed E-state index contributed by atoms with van der Waals surface area (Å²) in [4.78, 5) is 29.0. The number of sulfonamides is 1. The minimum absolute atomic E-state index is 0.0265. The lowest BCUT2D eigenvalue weighted by molar-refractivity contribution is -0.136. The highest BCUT2D eigenvalue weighted by atomic mass is 35.5. The first-order valence-electron chi connectivity index (χ1n) is 11.3. The number of nitrogens with one attached hydrogen (secondary N) is 2. The number of amides is 3. The van der Waals surface area contributed by atoms with Gasteiger partial charge in [0, 0.05) is 37.2 Å². The first-order valence-corrected chi connectivity index (χ1v) is 13.6. The summed E-state index contributed by atoms with van der Waals surface area (Å²) in [5.41, 5.74) is 0. The van der Waals surface area contributed by atoms with Crippen LogP contribution in [0.3, 0.4) is 0 Å². The number of carbonyl (C=O) groups is 2. The molecule has 1 aromatic carbocycles. The summed E-state index contributed by atoms with van der Waals surface area (Å²) in [6.07, 6.45) is 2.49. The van der Waals surface area contributed by atoms with Crippen LogP contribution < -0.4 is 10.0 Å². The first-order chi connectivity index (χ1) is 15.5. The van der Waals surface area contributed by atoms with Gasteiger partial charge in [0.25, 0.3) is 0 Å². The van der Waals surface area contributed by atoms with E-state index >= 15 is 0 Å². The summed E-state index contributed by atoms with van der Waals surface area (Å²) in [5, 5.41) is 3.16. The van der Waals surface area contributed by atoms with E-state index in [4.69, 9.17) is 23.2 Å². The maximum Gasteiger partial charge on any atom is 0.317 e. The fourth-order valence-electron chi connectivity index (χ4n) is 3.69. The van der Waals surface area contributed by atoms with Crippen LogP contribution in [0.15, 0.2) is 23.1 Å². The van der Waals surface area contributed by atoms with Gasteiger partial charge in [-0.2, -0.15) is 4.72 Å². The zero-order chi connectivity index (χ0) is 24.8. The van der Waals surface area contributed by atoms with Crippen LogP contribution in [0, 0.1) is 5.92 Å². The number of carbonyl (C=O) groups excluding carboxylic acids is 2. The molecule has 3 atom stereocenters. The standard InChI is InChI=1S/C22H34Cl2N4O4S/c1-5-7-10-25-22(30)28-12-11-27(14-16(28)4)21(29)20(15(3)6-2)26-33(31,32)19-13-17(23)8-9-18(19)24/h8-9,13,15-16,20,26H,5-7,10-12,14H2,1-4H3,(H,25,30). The molecular formula is C22H34Cl2N4O4S. The summed E-state index contributed by atoms with van der Waals surface area (Å²) in [6.45, 7) is 9.31. The van der Waals surface area contributed by atoms with Crippen molar-refractivity contribution < 1.29 is 18.0 Å². The van der Waals surface area contributed by atoms with Crippen LogP contribution in [0.5, 0.6) is 0 Å². The molecule has 186 valence electrons. The van der Waals surface area contributed by atoms with Crippen molar-refractivity contribution in [2.45, 2.75) is 63.9 Å². The predicted molar refractivity (Wildman–Crippen MR) is 131 cm³/mol. The number of unbranched alkanes of at least 4 members (excludes halogenated alkanes) is 1. The van der Waals surface area contributed by atoms with Crippen molar-refractivity contribution in [2.75, 3.05) is 26.2 Å². The molecule has 3 unspecified atom stereocenters. The van der Waals surface area contributed by atoms with Crippen LogP contribution in [0.4, 0.5) is 4.79 Å². The zero-order valence-electron chi connectivity index (χ0n) is 19.6. The van der Waals surface area contributed by atoms with E-state index in [-0.39, 0.29) is 38.8 Å². The van der Waals surface area contributed by atoms with E-state index in [0.29, 0.717) is 32.6 Å². The molecule has 0 bridgehead atoms. The fourth-order valence-corrected chi connectivity index (χ4v) is 5.75. The van der Waals surface area contributed by atoms with Gasteiger partial charge in [-0.15, -0.1) is 0 Å². The highest BCUT2D eigenvalue weighted by molar-refractivity contribution is 7.89. The van der Waals surface area contributed by atoms with Crippen molar-refractivity contribution in [3.8, 4) is 0 Å². The quantitative estimate of drug-likeness (QED) is 0.484. The average molecular weight is 522 g/mol. The lowest BCUT2D eigenvalue weighted by Crippen LogP contribution is -2.61. The van der Waals surface area contributed by atoms with Crippen molar-refractivity contribution in [3.63, 3.8) is 0 Å². The second-order valence-electron chi connectivity index (χ2n) is 8.47. The van der Waals surface area contributed by atoms with Crippen LogP contribution in [0.1, 0.15) is 47.0 Å². The lowest BCUT2D eigenvalue weighted by atomic mass is 9.98. The third kappa shape index (κ3) is 7.21. The summed E-state index contributed by atoms with van der Waals surface area (Å²) < 4.78 is 28.7. The van der Waals surface area contributed by atoms with Crippen LogP contribution in [-0.2, 0) is 14.8 Å². The number of piperazine rings is 1. The van der Waals surface area contributed by atoms with Crippen molar-refractivity contribution in [2.24, 2.45) is 5.92 Å². The Morgan fingerprint density at radius 3 is 2.52 bits per heavy atom. The average Bonchev–Trinajstić information content (AvgIpc) is 2.78. The van der Waals surface area contributed by atoms with Gasteiger partial charge >= 0.3 is 6.03 Å². The highest BCUT2D eigenvalue weighted by Gasteiger charge is 2.37. The minimum Gasteiger partial charge on any atom is -0.338 e. The molecule has 0 spiro atoms. The third-order valence-corrected chi connectivity index (χ3v) is 8.11. The fraction of sp³-hybridized carbons (Fsp3) is 0.636. The van der Waals surface area contributed by atoms with Gasteiger partial charge in [-0.3, -0.25) is 4.79 Å². The Kier molecular flexibility index (Phi) is 10.3. The predicted octanol–water partition coefficient (Wildman–Crippen LogP) is 3.73. The molecule has 11 heteroatoms. The molecular weight excluding hydrogens is 487 g/mol. The van der Waals surface area contributed by atoms with Crippen LogP contribution >= 0.6 is 23.2 Å². The number of hydrogen-bond donors (Lipinski definition) is 2. The summed E-state index contributed by atoms with van der Waals surface area (Å²) >= 11 is 12.1. The Morgan fingerprint density at radius 2 is 1.91 bits per heavy atom. The van der Waals surface area contributed by atoms with Gasteiger partial charge < -0.3 is 15.1 Å². The van der Waals surface area contributed by atoms with Gasteiger partial charge in [0.15, 0.2) is 0 Å². The Hall–Kier alpha value is -1.55. The van der Waals surface area contributed by atoms with E-state index < -0.39 is 16.1 Å². The van der Waals surface area contributed by atoms with Gasteiger partial charge in [0.2, 0.25) is 15.9 Å². The number of hydrogen-bond acceptors (Lipinski definition) is 4. The van der Waals surface area contributed by atoms with Crippen LogP contribution in [0.25, 0.3) is 0 Å². The molecule has 8 nitrogen and oxygen atoms in total. The number of halogens is 2. The molecule has 1 saturated heterocycles. The van der Waals surface area contributed by atoms with E-state index in [0.717, 1.165) is 12.8 Å². The number of benzene rings is 1. The monoisotopic (exact) mass is 520 g/mol. The Labute approximate surface area is 207 Å². The van der Waals surface area contributed by atoms with Gasteiger partial charge in [-0.25, -0.2) is 13.2 Å². The molecule has 0 aliphatic carbocycles. The van der Waals surface area contributed by atoms with Crippen LogP contribution in [0.2, 0.25) is 10.0 Å². The molecule has 0 radical (unpaired) electrons. The Balaban J connectivity index is 2.15. The molecule has 3 amide bonds. The largest absolute Gasteiger partial charge is 0.338 e. The topological polar surface area (TPSA) is 98.8 Å². The lowest BCUT2D eigenvalue weighted by Gasteiger charge is -2.41. The van der Waals surface area contributed by atoms with Crippen molar-refractivity contribution in [1.29, 1.82) is 0 Å². The molecule has 1 aliphatic heterocycles. The van der Waals surface area contributed by atoms with E-state index in [1.54, 1.807) is 9.80 Å². The maximum absolute atomic E-state index is 13.4. The van der Waals surface area contributed by atoms with Crippen molar-refractivity contribution >= 4 is 45.2 Å². The molecule has 2 N–H and O–H groups in total.